The Kier molecular flexibility index (Phi) is 5.67. The minimum absolute atomic E-state index is 0.0129. The first-order valence-corrected chi connectivity index (χ1v) is 12.6. The molecule has 31 heavy (non-hydrogen) atoms. The number of nitrogens with one attached hydrogen (secondary N) is 1. The molecule has 0 unspecified atom stereocenters. The zero-order valence-corrected chi connectivity index (χ0v) is 19.4. The number of nitrogens with two attached hydrogens (primary N) is 1. The van der Waals surface area contributed by atoms with Gasteiger partial charge < -0.3 is 15.5 Å². The predicted molar refractivity (Wildman–Crippen MR) is 118 cm³/mol. The average molecular weight is 466 g/mol. The Labute approximate surface area is 185 Å². The molecule has 0 fully saturated rings. The standard InChI is InChI=1S/C20H27N5O4S2/c1-10-7-8-12-15(10)22-13-6-4-5-11(13)16(12)24-19(27)25-31(21,29)17-14(9-26)23-18(30-17)20(2,3)28/h10,26,28H,4-9H2,1-3H3,(H3,21,22,24,25,27,29)/t10-,31-/m0/s1. The summed E-state index contributed by atoms with van der Waals surface area (Å²) in [4.78, 5) is 21.8. The summed E-state index contributed by atoms with van der Waals surface area (Å²) in [6.45, 7) is 4.63. The van der Waals surface area contributed by atoms with E-state index >= 15 is 0 Å². The van der Waals surface area contributed by atoms with Gasteiger partial charge in [0.25, 0.3) is 0 Å². The number of pyridine rings is 1. The van der Waals surface area contributed by atoms with Crippen molar-refractivity contribution in [2.24, 2.45) is 9.50 Å². The molecule has 168 valence electrons. The summed E-state index contributed by atoms with van der Waals surface area (Å²) in [5, 5.41) is 28.8. The first-order chi connectivity index (χ1) is 14.5. The third kappa shape index (κ3) is 4.12. The number of aromatic nitrogens is 2. The molecule has 9 nitrogen and oxygen atoms in total. The van der Waals surface area contributed by atoms with Crippen molar-refractivity contribution >= 4 is 33.0 Å². The number of aryl methyl sites for hydroxylation is 1. The maximum absolute atomic E-state index is 13.1. The fourth-order valence-electron chi connectivity index (χ4n) is 4.17. The normalized spacial score (nSPS) is 19.6. The maximum atomic E-state index is 13.1. The third-order valence-corrected chi connectivity index (χ3v) is 9.08. The van der Waals surface area contributed by atoms with Crippen molar-refractivity contribution < 1.29 is 19.2 Å². The van der Waals surface area contributed by atoms with Crippen LogP contribution in [0.3, 0.4) is 0 Å². The molecule has 0 radical (unpaired) electrons. The molecule has 5 N–H and O–H groups in total. The molecule has 2 aliphatic rings. The van der Waals surface area contributed by atoms with Gasteiger partial charge in [-0.3, -0.25) is 4.98 Å². The highest BCUT2D eigenvalue weighted by Gasteiger charge is 2.31. The Balaban J connectivity index is 1.71. The Morgan fingerprint density at radius 1 is 1.32 bits per heavy atom. The van der Waals surface area contributed by atoms with Crippen molar-refractivity contribution in [1.29, 1.82) is 0 Å². The Bertz CT molecular complexity index is 1180. The number of hydrogen-bond acceptors (Lipinski definition) is 7. The van der Waals surface area contributed by atoms with Crippen LogP contribution in [0.5, 0.6) is 0 Å². The SMILES string of the molecule is C[C@H]1CCc2c1nc1c(c2NC(=O)N=[S@](N)(=O)c2sc(C(C)(C)O)nc2CO)CCC1. The second kappa shape index (κ2) is 7.89. The van der Waals surface area contributed by atoms with Crippen LogP contribution in [-0.2, 0) is 41.4 Å². The molecular weight excluding hydrogens is 438 g/mol. The number of urea groups is 1. The number of carbonyl (C=O) groups is 1. The van der Waals surface area contributed by atoms with Crippen molar-refractivity contribution in [1.82, 2.24) is 9.97 Å². The zero-order valence-electron chi connectivity index (χ0n) is 17.8. The van der Waals surface area contributed by atoms with E-state index in [4.69, 9.17) is 10.1 Å². The monoisotopic (exact) mass is 465 g/mol. The van der Waals surface area contributed by atoms with E-state index in [0.29, 0.717) is 5.92 Å². The summed E-state index contributed by atoms with van der Waals surface area (Å²) in [6.07, 6.45) is 4.48. The molecule has 0 bridgehead atoms. The second-order valence-corrected chi connectivity index (χ2v) is 11.6. The van der Waals surface area contributed by atoms with Crippen LogP contribution in [0.25, 0.3) is 0 Å². The summed E-state index contributed by atoms with van der Waals surface area (Å²) in [5.41, 5.74) is 3.55. The number of fused-ring (bicyclic) bond motifs is 2. The quantitative estimate of drug-likeness (QED) is 0.545. The van der Waals surface area contributed by atoms with Crippen molar-refractivity contribution in [2.75, 3.05) is 5.32 Å². The Morgan fingerprint density at radius 2 is 2.06 bits per heavy atom. The van der Waals surface area contributed by atoms with E-state index in [1.165, 1.54) is 13.8 Å². The molecule has 2 atom stereocenters. The van der Waals surface area contributed by atoms with Gasteiger partial charge in [0.2, 0.25) is 0 Å². The lowest BCUT2D eigenvalue weighted by Gasteiger charge is -2.15. The summed E-state index contributed by atoms with van der Waals surface area (Å²) in [5.74, 6) is 0.330. The molecule has 2 aromatic rings. The van der Waals surface area contributed by atoms with E-state index in [9.17, 15) is 19.2 Å². The van der Waals surface area contributed by atoms with Crippen molar-refractivity contribution in [3.05, 3.63) is 33.2 Å². The van der Waals surface area contributed by atoms with Gasteiger partial charge in [0.1, 0.15) is 14.8 Å². The van der Waals surface area contributed by atoms with E-state index in [-0.39, 0.29) is 14.9 Å². The molecule has 4 rings (SSSR count). The largest absolute Gasteiger partial charge is 0.390 e. The molecule has 2 heterocycles. The van der Waals surface area contributed by atoms with Gasteiger partial charge in [0.15, 0.2) is 9.92 Å². The lowest BCUT2D eigenvalue weighted by atomic mass is 10.0. The van der Waals surface area contributed by atoms with E-state index < -0.39 is 28.2 Å². The summed E-state index contributed by atoms with van der Waals surface area (Å²) >= 11 is 0.881. The van der Waals surface area contributed by atoms with Gasteiger partial charge in [-0.2, -0.15) is 0 Å². The van der Waals surface area contributed by atoms with Crippen LogP contribution in [0, 0.1) is 0 Å². The van der Waals surface area contributed by atoms with Gasteiger partial charge in [-0.15, -0.1) is 15.7 Å². The number of nitrogens with zero attached hydrogens (tertiary/aromatic N) is 3. The minimum Gasteiger partial charge on any atom is -0.390 e. The number of rotatable bonds is 4. The van der Waals surface area contributed by atoms with Crippen molar-refractivity contribution in [3.63, 3.8) is 0 Å². The molecule has 0 aliphatic heterocycles. The van der Waals surface area contributed by atoms with Crippen LogP contribution in [0.2, 0.25) is 0 Å². The van der Waals surface area contributed by atoms with Gasteiger partial charge >= 0.3 is 6.03 Å². The topological polar surface area (TPSA) is 151 Å². The Morgan fingerprint density at radius 3 is 2.74 bits per heavy atom. The van der Waals surface area contributed by atoms with Crippen LogP contribution in [0.1, 0.15) is 72.7 Å². The number of aliphatic hydroxyl groups is 2. The predicted octanol–water partition coefficient (Wildman–Crippen LogP) is 2.73. The van der Waals surface area contributed by atoms with E-state index in [2.05, 4.69) is 21.6 Å². The third-order valence-electron chi connectivity index (χ3n) is 5.70. The fourth-order valence-corrected chi connectivity index (χ4v) is 6.63. The van der Waals surface area contributed by atoms with Crippen LogP contribution >= 0.6 is 11.3 Å². The van der Waals surface area contributed by atoms with E-state index in [1.807, 2.05) is 0 Å². The first-order valence-electron chi connectivity index (χ1n) is 10.2. The summed E-state index contributed by atoms with van der Waals surface area (Å²) < 4.78 is 16.9. The molecule has 0 saturated heterocycles. The van der Waals surface area contributed by atoms with Gasteiger partial charge in [-0.25, -0.2) is 19.1 Å². The van der Waals surface area contributed by atoms with Gasteiger partial charge in [0, 0.05) is 11.4 Å². The van der Waals surface area contributed by atoms with Gasteiger partial charge in [-0.05, 0) is 63.0 Å². The number of amides is 2. The summed E-state index contributed by atoms with van der Waals surface area (Å²) in [7, 11) is -3.67. The molecular formula is C20H27N5O4S2. The highest BCUT2D eigenvalue weighted by Crippen LogP contribution is 2.41. The molecule has 2 aromatic heterocycles. The minimum atomic E-state index is -3.67. The number of hydrogen-bond donors (Lipinski definition) is 4. The van der Waals surface area contributed by atoms with Crippen LogP contribution in [0.4, 0.5) is 10.5 Å². The van der Waals surface area contributed by atoms with E-state index in [0.717, 1.165) is 71.6 Å². The smallest absolute Gasteiger partial charge is 0.354 e. The highest BCUT2D eigenvalue weighted by atomic mass is 32.2. The lowest BCUT2D eigenvalue weighted by molar-refractivity contribution is 0.0779. The van der Waals surface area contributed by atoms with E-state index in [1.54, 1.807) is 0 Å². The molecule has 2 aliphatic carbocycles. The zero-order chi connectivity index (χ0) is 22.6. The lowest BCUT2D eigenvalue weighted by Crippen LogP contribution is -2.19. The number of anilines is 1. The van der Waals surface area contributed by atoms with Crippen LogP contribution < -0.4 is 10.5 Å². The summed E-state index contributed by atoms with van der Waals surface area (Å²) in [6, 6.07) is -0.809. The maximum Gasteiger partial charge on any atom is 0.354 e. The van der Waals surface area contributed by atoms with Gasteiger partial charge in [-0.1, -0.05) is 6.92 Å². The average Bonchev–Trinajstić information content (AvgIpc) is 3.39. The number of thiazole rings is 1. The highest BCUT2D eigenvalue weighted by molar-refractivity contribution is 7.93. The fraction of sp³-hybridized carbons (Fsp3) is 0.550. The molecule has 0 spiro atoms. The number of aliphatic hydroxyl groups excluding tert-OH is 1. The molecule has 11 heteroatoms. The van der Waals surface area contributed by atoms with Crippen molar-refractivity contribution in [2.45, 2.75) is 75.2 Å². The Hall–Kier alpha value is -1.92. The number of carbonyl (C=O) groups excluding carboxylic acids is 1. The van der Waals surface area contributed by atoms with Crippen LogP contribution in [-0.4, -0.2) is 30.4 Å². The first kappa shape index (κ1) is 22.3. The molecule has 0 saturated carbocycles. The molecule has 2 amide bonds. The van der Waals surface area contributed by atoms with Crippen LogP contribution in [0.15, 0.2) is 8.57 Å². The second-order valence-electron chi connectivity index (χ2n) is 8.63. The van der Waals surface area contributed by atoms with Gasteiger partial charge in [0.05, 0.1) is 18.0 Å². The molecule has 0 aromatic carbocycles. The van der Waals surface area contributed by atoms with Crippen molar-refractivity contribution in [3.8, 4) is 0 Å².